The van der Waals surface area contributed by atoms with E-state index in [9.17, 15) is 18.7 Å². The molecule has 6 nitrogen and oxygen atoms in total. The van der Waals surface area contributed by atoms with E-state index in [0.29, 0.717) is 5.56 Å². The minimum Gasteiger partial charge on any atom is -0.386 e. The zero-order valence-electron chi connectivity index (χ0n) is 13.6. The van der Waals surface area contributed by atoms with Gasteiger partial charge >= 0.3 is 0 Å². The number of carbonyl (C=O) groups excluding carboxylic acids is 1. The van der Waals surface area contributed by atoms with Crippen LogP contribution in [0.3, 0.4) is 0 Å². The van der Waals surface area contributed by atoms with Crippen molar-refractivity contribution in [2.75, 3.05) is 0 Å². The van der Waals surface area contributed by atoms with Gasteiger partial charge in [-0.15, -0.1) is 5.10 Å². The van der Waals surface area contributed by atoms with Gasteiger partial charge in [0.05, 0.1) is 12.6 Å². The van der Waals surface area contributed by atoms with Crippen molar-refractivity contribution in [3.63, 3.8) is 0 Å². The normalized spacial score (nSPS) is 12.0. The molecule has 1 unspecified atom stereocenters. The van der Waals surface area contributed by atoms with Crippen molar-refractivity contribution >= 4 is 5.91 Å². The van der Waals surface area contributed by atoms with Gasteiger partial charge < -0.3 is 10.4 Å². The van der Waals surface area contributed by atoms with E-state index in [0.717, 1.165) is 5.56 Å². The van der Waals surface area contributed by atoms with Crippen LogP contribution in [0.1, 0.15) is 27.8 Å². The van der Waals surface area contributed by atoms with Crippen LogP contribution in [0.25, 0.3) is 0 Å². The maximum atomic E-state index is 12.9. The number of rotatable bonds is 6. The molecule has 0 spiro atoms. The predicted octanol–water partition coefficient (Wildman–Crippen LogP) is 2.22. The smallest absolute Gasteiger partial charge is 0.291 e. The van der Waals surface area contributed by atoms with Crippen LogP contribution in [0.5, 0.6) is 0 Å². The number of amides is 1. The Bertz CT molecular complexity index is 879. The highest BCUT2D eigenvalue weighted by molar-refractivity contribution is 5.90. The third-order valence-corrected chi connectivity index (χ3v) is 3.72. The van der Waals surface area contributed by atoms with E-state index in [1.165, 1.54) is 47.4 Å². The lowest BCUT2D eigenvalue weighted by atomic mass is 10.1. The Morgan fingerprint density at radius 2 is 1.69 bits per heavy atom. The summed E-state index contributed by atoms with van der Waals surface area (Å²) in [6, 6.07) is 11.2. The number of aliphatic hydroxyl groups excluding tert-OH is 1. The summed E-state index contributed by atoms with van der Waals surface area (Å²) >= 11 is 0. The van der Waals surface area contributed by atoms with Gasteiger partial charge in [0, 0.05) is 6.54 Å². The molecule has 3 rings (SSSR count). The maximum absolute atomic E-state index is 12.9. The third kappa shape index (κ3) is 4.48. The molecule has 0 aliphatic rings. The second-order valence-corrected chi connectivity index (χ2v) is 5.67. The highest BCUT2D eigenvalue weighted by atomic mass is 19.1. The largest absolute Gasteiger partial charge is 0.386 e. The van der Waals surface area contributed by atoms with Gasteiger partial charge in [0.2, 0.25) is 5.82 Å². The van der Waals surface area contributed by atoms with Crippen LogP contribution in [0.4, 0.5) is 8.78 Å². The Morgan fingerprint density at radius 3 is 2.35 bits per heavy atom. The molecule has 26 heavy (non-hydrogen) atoms. The highest BCUT2D eigenvalue weighted by Gasteiger charge is 2.14. The second kappa shape index (κ2) is 7.83. The van der Waals surface area contributed by atoms with Crippen LogP contribution in [0.2, 0.25) is 0 Å². The molecule has 0 radical (unpaired) electrons. The molecule has 1 atom stereocenters. The van der Waals surface area contributed by atoms with Gasteiger partial charge in [-0.1, -0.05) is 24.3 Å². The SMILES string of the molecule is O=C(NCc1ccc(F)cc1)c1ncn(CC(O)c2ccc(F)cc2)n1. The lowest BCUT2D eigenvalue weighted by Crippen LogP contribution is -2.24. The van der Waals surface area contributed by atoms with Gasteiger partial charge in [0.15, 0.2) is 0 Å². The van der Waals surface area contributed by atoms with E-state index < -0.39 is 12.0 Å². The monoisotopic (exact) mass is 358 g/mol. The van der Waals surface area contributed by atoms with Crippen LogP contribution in [0, 0.1) is 11.6 Å². The van der Waals surface area contributed by atoms with E-state index in [4.69, 9.17) is 0 Å². The molecular formula is C18H16F2N4O2. The first kappa shape index (κ1) is 17.7. The molecule has 3 aromatic rings. The predicted molar refractivity (Wildman–Crippen MR) is 89.0 cm³/mol. The number of carbonyl (C=O) groups is 1. The number of hydrogen-bond donors (Lipinski definition) is 2. The summed E-state index contributed by atoms with van der Waals surface area (Å²) in [6.45, 7) is 0.287. The Hall–Kier alpha value is -3.13. The number of nitrogens with zero attached hydrogens (tertiary/aromatic N) is 3. The average molecular weight is 358 g/mol. The molecule has 0 fully saturated rings. The van der Waals surface area contributed by atoms with Crippen molar-refractivity contribution in [3.05, 3.63) is 83.4 Å². The molecule has 0 bridgehead atoms. The van der Waals surface area contributed by atoms with Crippen molar-refractivity contribution in [2.45, 2.75) is 19.2 Å². The van der Waals surface area contributed by atoms with Crippen molar-refractivity contribution in [2.24, 2.45) is 0 Å². The molecule has 1 heterocycles. The van der Waals surface area contributed by atoms with Crippen molar-refractivity contribution in [3.8, 4) is 0 Å². The number of nitrogens with one attached hydrogen (secondary N) is 1. The fraction of sp³-hybridized carbons (Fsp3) is 0.167. The van der Waals surface area contributed by atoms with E-state index in [2.05, 4.69) is 15.4 Å². The summed E-state index contributed by atoms with van der Waals surface area (Å²) in [5.74, 6) is -1.26. The van der Waals surface area contributed by atoms with Crippen molar-refractivity contribution in [1.82, 2.24) is 20.1 Å². The number of halogens is 2. The minimum absolute atomic E-state index is 0.0431. The van der Waals surface area contributed by atoms with Gasteiger partial charge in [-0.2, -0.15) is 0 Å². The molecule has 0 aliphatic heterocycles. The zero-order valence-corrected chi connectivity index (χ0v) is 13.6. The number of benzene rings is 2. The quantitative estimate of drug-likeness (QED) is 0.708. The van der Waals surface area contributed by atoms with Gasteiger partial charge in [-0.3, -0.25) is 4.79 Å². The van der Waals surface area contributed by atoms with Gasteiger partial charge in [-0.05, 0) is 35.4 Å². The fourth-order valence-electron chi connectivity index (χ4n) is 2.32. The summed E-state index contributed by atoms with van der Waals surface area (Å²) in [4.78, 5) is 16.0. The molecular weight excluding hydrogens is 342 g/mol. The Balaban J connectivity index is 1.57. The van der Waals surface area contributed by atoms with Crippen LogP contribution in [0.15, 0.2) is 54.9 Å². The van der Waals surface area contributed by atoms with Gasteiger partial charge in [0.25, 0.3) is 5.91 Å². The zero-order chi connectivity index (χ0) is 18.5. The fourth-order valence-corrected chi connectivity index (χ4v) is 2.32. The maximum Gasteiger partial charge on any atom is 0.291 e. The molecule has 0 aliphatic carbocycles. The first-order valence-electron chi connectivity index (χ1n) is 7.87. The number of hydrogen-bond acceptors (Lipinski definition) is 4. The van der Waals surface area contributed by atoms with Crippen molar-refractivity contribution < 1.29 is 18.7 Å². The highest BCUT2D eigenvalue weighted by Crippen LogP contribution is 2.15. The van der Waals surface area contributed by atoms with Gasteiger partial charge in [-0.25, -0.2) is 18.4 Å². The standard InChI is InChI=1S/C18H16F2N4O2/c19-14-5-1-12(2-6-14)9-21-18(26)17-22-11-24(23-17)10-16(25)13-3-7-15(20)8-4-13/h1-8,11,16,25H,9-10H2,(H,21,26). The topological polar surface area (TPSA) is 80.0 Å². The molecule has 0 saturated carbocycles. The van der Waals surface area contributed by atoms with E-state index >= 15 is 0 Å². The van der Waals surface area contributed by atoms with Crippen LogP contribution in [-0.4, -0.2) is 25.8 Å². The van der Waals surface area contributed by atoms with E-state index in [1.807, 2.05) is 0 Å². The summed E-state index contributed by atoms with van der Waals surface area (Å²) in [6.07, 6.45) is 0.423. The van der Waals surface area contributed by atoms with Crippen LogP contribution >= 0.6 is 0 Å². The lowest BCUT2D eigenvalue weighted by Gasteiger charge is -2.10. The first-order chi connectivity index (χ1) is 12.5. The van der Waals surface area contributed by atoms with E-state index in [-0.39, 0.29) is 30.5 Å². The molecule has 2 N–H and O–H groups in total. The second-order valence-electron chi connectivity index (χ2n) is 5.67. The Labute approximate surface area is 148 Å². The first-order valence-corrected chi connectivity index (χ1v) is 7.87. The summed E-state index contributed by atoms with van der Waals surface area (Å²) in [7, 11) is 0. The molecule has 1 aromatic heterocycles. The van der Waals surface area contributed by atoms with Gasteiger partial charge in [0.1, 0.15) is 18.0 Å². The average Bonchev–Trinajstić information content (AvgIpc) is 3.10. The minimum atomic E-state index is -0.910. The summed E-state index contributed by atoms with van der Waals surface area (Å²) in [5.41, 5.74) is 1.27. The molecule has 134 valence electrons. The third-order valence-electron chi connectivity index (χ3n) is 3.72. The lowest BCUT2D eigenvalue weighted by molar-refractivity contribution is 0.0938. The number of aliphatic hydroxyl groups is 1. The summed E-state index contributed by atoms with van der Waals surface area (Å²) in [5, 5.41) is 16.8. The number of aromatic nitrogens is 3. The molecule has 1 amide bonds. The Morgan fingerprint density at radius 1 is 1.08 bits per heavy atom. The molecule has 2 aromatic carbocycles. The van der Waals surface area contributed by atoms with Crippen LogP contribution in [-0.2, 0) is 13.1 Å². The summed E-state index contributed by atoms with van der Waals surface area (Å²) < 4.78 is 27.1. The molecule has 0 saturated heterocycles. The van der Waals surface area contributed by atoms with Crippen LogP contribution < -0.4 is 5.32 Å². The Kier molecular flexibility index (Phi) is 5.33. The molecule has 8 heteroatoms. The van der Waals surface area contributed by atoms with Crippen molar-refractivity contribution in [1.29, 1.82) is 0 Å². The van der Waals surface area contributed by atoms with E-state index in [1.54, 1.807) is 12.1 Å².